The molecule has 0 rings (SSSR count). The molecule has 0 aliphatic heterocycles. The van der Waals surface area contributed by atoms with Gasteiger partial charge in [0, 0.05) is 19.2 Å². The van der Waals surface area contributed by atoms with Gasteiger partial charge < -0.3 is 15.8 Å². The number of nitrogens with two attached hydrogens (primary N) is 1. The van der Waals surface area contributed by atoms with Crippen molar-refractivity contribution in [3.63, 3.8) is 0 Å². The Kier molecular flexibility index (Phi) is 4.20. The van der Waals surface area contributed by atoms with Crippen LogP contribution in [0.3, 0.4) is 0 Å². The highest BCUT2D eigenvalue weighted by Gasteiger charge is 2.21. The lowest BCUT2D eigenvalue weighted by molar-refractivity contribution is -0.131. The molecule has 0 aromatic carbocycles. The summed E-state index contributed by atoms with van der Waals surface area (Å²) in [6.45, 7) is 5.84. The molecule has 0 saturated carbocycles. The molecule has 72 valence electrons. The predicted octanol–water partition coefficient (Wildman–Crippen LogP) is -0.125. The second-order valence-electron chi connectivity index (χ2n) is 3.46. The quantitative estimate of drug-likeness (QED) is 0.624. The SMILES string of the molecule is COC(C)C(=O)NC(C)(C)CN. The van der Waals surface area contributed by atoms with Gasteiger partial charge in [-0.1, -0.05) is 0 Å². The molecule has 1 unspecified atom stereocenters. The first-order valence-corrected chi connectivity index (χ1v) is 3.98. The molecule has 12 heavy (non-hydrogen) atoms. The molecule has 0 aliphatic rings. The third kappa shape index (κ3) is 3.69. The van der Waals surface area contributed by atoms with Crippen molar-refractivity contribution < 1.29 is 9.53 Å². The number of carbonyl (C=O) groups excluding carboxylic acids is 1. The van der Waals surface area contributed by atoms with E-state index in [0.717, 1.165) is 0 Å². The smallest absolute Gasteiger partial charge is 0.249 e. The van der Waals surface area contributed by atoms with E-state index >= 15 is 0 Å². The van der Waals surface area contributed by atoms with Crippen LogP contribution in [0.1, 0.15) is 20.8 Å². The van der Waals surface area contributed by atoms with Crippen LogP contribution in [0.4, 0.5) is 0 Å². The van der Waals surface area contributed by atoms with Crippen molar-refractivity contribution in [2.24, 2.45) is 5.73 Å². The van der Waals surface area contributed by atoms with E-state index in [2.05, 4.69) is 5.32 Å². The Morgan fingerprint density at radius 2 is 2.17 bits per heavy atom. The van der Waals surface area contributed by atoms with Crippen LogP contribution in [0.25, 0.3) is 0 Å². The maximum atomic E-state index is 11.3. The molecule has 0 bridgehead atoms. The van der Waals surface area contributed by atoms with Gasteiger partial charge in [0.15, 0.2) is 0 Å². The summed E-state index contributed by atoms with van der Waals surface area (Å²) in [5, 5.41) is 2.77. The van der Waals surface area contributed by atoms with E-state index in [0.29, 0.717) is 6.54 Å². The Morgan fingerprint density at radius 3 is 2.50 bits per heavy atom. The van der Waals surface area contributed by atoms with E-state index in [1.165, 1.54) is 7.11 Å². The molecule has 4 heteroatoms. The highest BCUT2D eigenvalue weighted by Crippen LogP contribution is 1.99. The summed E-state index contributed by atoms with van der Waals surface area (Å²) < 4.78 is 4.85. The van der Waals surface area contributed by atoms with Crippen molar-refractivity contribution in [2.75, 3.05) is 13.7 Å². The van der Waals surface area contributed by atoms with Crippen LogP contribution in [-0.2, 0) is 9.53 Å². The van der Waals surface area contributed by atoms with Crippen LogP contribution >= 0.6 is 0 Å². The van der Waals surface area contributed by atoms with Crippen molar-refractivity contribution in [1.29, 1.82) is 0 Å². The van der Waals surface area contributed by atoms with Gasteiger partial charge >= 0.3 is 0 Å². The van der Waals surface area contributed by atoms with Crippen molar-refractivity contribution in [2.45, 2.75) is 32.4 Å². The fourth-order valence-corrected chi connectivity index (χ4v) is 0.593. The number of hydrogen-bond donors (Lipinski definition) is 2. The Morgan fingerprint density at radius 1 is 1.67 bits per heavy atom. The Labute approximate surface area is 73.5 Å². The molecule has 4 nitrogen and oxygen atoms in total. The van der Waals surface area contributed by atoms with Crippen molar-refractivity contribution >= 4 is 5.91 Å². The highest BCUT2D eigenvalue weighted by atomic mass is 16.5. The first-order chi connectivity index (χ1) is 5.43. The summed E-state index contributed by atoms with van der Waals surface area (Å²) in [7, 11) is 1.50. The van der Waals surface area contributed by atoms with Gasteiger partial charge in [-0.2, -0.15) is 0 Å². The third-order valence-electron chi connectivity index (χ3n) is 1.69. The first-order valence-electron chi connectivity index (χ1n) is 3.98. The first kappa shape index (κ1) is 11.4. The lowest BCUT2D eigenvalue weighted by Crippen LogP contribution is -2.51. The fourth-order valence-electron chi connectivity index (χ4n) is 0.593. The average Bonchev–Trinajstić information content (AvgIpc) is 2.02. The standard InChI is InChI=1S/C8H18N2O2/c1-6(12-4)7(11)10-8(2,3)5-9/h6H,5,9H2,1-4H3,(H,10,11). The summed E-state index contributed by atoms with van der Waals surface area (Å²) in [5.41, 5.74) is 5.08. The molecule has 1 atom stereocenters. The molecular weight excluding hydrogens is 156 g/mol. The van der Waals surface area contributed by atoms with Crippen molar-refractivity contribution in [3.8, 4) is 0 Å². The predicted molar refractivity (Wildman–Crippen MR) is 47.7 cm³/mol. The molecule has 0 fully saturated rings. The zero-order chi connectivity index (χ0) is 9.78. The number of carbonyl (C=O) groups is 1. The largest absolute Gasteiger partial charge is 0.372 e. The molecule has 0 saturated heterocycles. The van der Waals surface area contributed by atoms with Crippen LogP contribution in [-0.4, -0.2) is 31.2 Å². The van der Waals surface area contributed by atoms with E-state index in [-0.39, 0.29) is 11.4 Å². The van der Waals surface area contributed by atoms with Crippen molar-refractivity contribution in [3.05, 3.63) is 0 Å². The number of ether oxygens (including phenoxy) is 1. The van der Waals surface area contributed by atoms with Gasteiger partial charge in [-0.05, 0) is 20.8 Å². The number of amides is 1. The lowest BCUT2D eigenvalue weighted by atomic mass is 10.1. The van der Waals surface area contributed by atoms with Crippen LogP contribution in [0.15, 0.2) is 0 Å². The third-order valence-corrected chi connectivity index (χ3v) is 1.69. The zero-order valence-electron chi connectivity index (χ0n) is 8.18. The molecule has 0 aromatic heterocycles. The van der Waals surface area contributed by atoms with Gasteiger partial charge in [0.05, 0.1) is 0 Å². The van der Waals surface area contributed by atoms with Crippen LogP contribution < -0.4 is 11.1 Å². The Hall–Kier alpha value is -0.610. The average molecular weight is 174 g/mol. The van der Waals surface area contributed by atoms with E-state index in [1.807, 2.05) is 13.8 Å². The minimum atomic E-state index is -0.421. The summed E-state index contributed by atoms with van der Waals surface area (Å²) in [4.78, 5) is 11.3. The second-order valence-corrected chi connectivity index (χ2v) is 3.46. The summed E-state index contributed by atoms with van der Waals surface area (Å²) >= 11 is 0. The Balaban J connectivity index is 4.00. The van der Waals surface area contributed by atoms with Gasteiger partial charge in [0.25, 0.3) is 0 Å². The topological polar surface area (TPSA) is 64.3 Å². The number of methoxy groups -OCH3 is 1. The molecule has 0 spiro atoms. The molecule has 1 amide bonds. The van der Waals surface area contributed by atoms with Gasteiger partial charge in [-0.25, -0.2) is 0 Å². The van der Waals surface area contributed by atoms with E-state index < -0.39 is 6.10 Å². The van der Waals surface area contributed by atoms with Gasteiger partial charge in [0.2, 0.25) is 5.91 Å². The number of hydrogen-bond acceptors (Lipinski definition) is 3. The molecule has 0 heterocycles. The molecular formula is C8H18N2O2. The van der Waals surface area contributed by atoms with Gasteiger partial charge in [-0.3, -0.25) is 4.79 Å². The minimum Gasteiger partial charge on any atom is -0.372 e. The zero-order valence-corrected chi connectivity index (χ0v) is 8.18. The normalized spacial score (nSPS) is 14.1. The minimum absolute atomic E-state index is 0.132. The molecule has 3 N–H and O–H groups in total. The van der Waals surface area contributed by atoms with Crippen LogP contribution in [0.5, 0.6) is 0 Å². The maximum Gasteiger partial charge on any atom is 0.249 e. The molecule has 0 aliphatic carbocycles. The highest BCUT2D eigenvalue weighted by molar-refractivity contribution is 5.81. The van der Waals surface area contributed by atoms with E-state index in [9.17, 15) is 4.79 Å². The number of rotatable bonds is 4. The van der Waals surface area contributed by atoms with Crippen molar-refractivity contribution in [1.82, 2.24) is 5.32 Å². The number of nitrogens with one attached hydrogen (secondary N) is 1. The summed E-state index contributed by atoms with van der Waals surface area (Å²) in [6.07, 6.45) is -0.421. The fraction of sp³-hybridized carbons (Fsp3) is 0.875. The van der Waals surface area contributed by atoms with Crippen LogP contribution in [0, 0.1) is 0 Å². The maximum absolute atomic E-state index is 11.3. The van der Waals surface area contributed by atoms with Gasteiger partial charge in [0.1, 0.15) is 6.10 Å². The second kappa shape index (κ2) is 4.42. The molecule has 0 aromatic rings. The summed E-state index contributed by atoms with van der Waals surface area (Å²) in [6, 6.07) is 0. The van der Waals surface area contributed by atoms with E-state index in [4.69, 9.17) is 10.5 Å². The van der Waals surface area contributed by atoms with Gasteiger partial charge in [-0.15, -0.1) is 0 Å². The monoisotopic (exact) mass is 174 g/mol. The summed E-state index contributed by atoms with van der Waals surface area (Å²) in [5.74, 6) is -0.132. The van der Waals surface area contributed by atoms with Crippen LogP contribution in [0.2, 0.25) is 0 Å². The molecule has 0 radical (unpaired) electrons. The Bertz CT molecular complexity index is 157. The lowest BCUT2D eigenvalue weighted by Gasteiger charge is -2.25. The van der Waals surface area contributed by atoms with E-state index in [1.54, 1.807) is 6.92 Å².